The van der Waals surface area contributed by atoms with Crippen LogP contribution in [0.15, 0.2) is 421 Å². The maximum absolute atomic E-state index is 6.87. The van der Waals surface area contributed by atoms with E-state index in [1.165, 1.54) is 54.6 Å². The zero-order valence-electron chi connectivity index (χ0n) is 58.0. The largest absolute Gasteiger partial charge is 0.455 e. The fraction of sp³-hybridized carbons (Fsp3) is 0. The fourth-order valence-corrected chi connectivity index (χ4v) is 15.6. The Bertz CT molecular complexity index is 6600. The lowest BCUT2D eigenvalue weighted by Crippen LogP contribution is -2.10. The van der Waals surface area contributed by atoms with Crippen molar-refractivity contribution >= 4 is 110 Å². The van der Waals surface area contributed by atoms with Gasteiger partial charge in [0.05, 0.1) is 5.69 Å². The molecule has 0 amide bonds. The third-order valence-corrected chi connectivity index (χ3v) is 20.7. The molecule has 20 rings (SSSR count). The zero-order valence-corrected chi connectivity index (χ0v) is 58.0. The van der Waals surface area contributed by atoms with Crippen molar-refractivity contribution in [2.75, 3.05) is 9.80 Å². The standard InChI is InChI=1S/C52H35NO.C50H33NO/c1-3-13-36(14-4-1)37-27-31-43(32-28-37)53(42-19-5-2-6-20-42)44-33-29-38(30-34-44)40-17-9-18-41(35-40)46-22-11-25-49-50-26-12-24-48(52(50)54-51(46)49)47-23-10-16-39-15-7-8-21-45(39)47;1-2-19-39(20-3-1)51(48-28-10-16-36-14-5-7-22-42(36)48)40-31-29-34(30-32-40)37-17-8-18-38(33-37)43-23-11-26-46-47-27-12-25-45(50(47)52-49(43)46)44-24-9-15-35-13-4-6-21-41(35)44/h1-35H;1-33H. The molecule has 0 fully saturated rings. The van der Waals surface area contributed by atoms with E-state index in [2.05, 4.69) is 422 Å². The highest BCUT2D eigenvalue weighted by Crippen LogP contribution is 2.47. The fourth-order valence-electron chi connectivity index (χ4n) is 15.6. The van der Waals surface area contributed by atoms with Gasteiger partial charge in [0.25, 0.3) is 0 Å². The Kier molecular flexibility index (Phi) is 16.2. The van der Waals surface area contributed by atoms with E-state index in [4.69, 9.17) is 8.83 Å². The van der Waals surface area contributed by atoms with E-state index >= 15 is 0 Å². The molecule has 0 saturated carbocycles. The van der Waals surface area contributed by atoms with Gasteiger partial charge < -0.3 is 18.6 Å². The topological polar surface area (TPSA) is 32.8 Å². The second kappa shape index (κ2) is 27.4. The molecule has 106 heavy (non-hydrogen) atoms. The second-order valence-corrected chi connectivity index (χ2v) is 27.0. The maximum atomic E-state index is 6.87. The van der Waals surface area contributed by atoms with Crippen molar-refractivity contribution in [1.29, 1.82) is 0 Å². The van der Waals surface area contributed by atoms with E-state index in [0.717, 1.165) is 134 Å². The molecule has 2 heterocycles. The molecule has 4 nitrogen and oxygen atoms in total. The van der Waals surface area contributed by atoms with Crippen LogP contribution in [-0.2, 0) is 0 Å². The number of furan rings is 2. The summed E-state index contributed by atoms with van der Waals surface area (Å²) in [5.41, 5.74) is 26.4. The summed E-state index contributed by atoms with van der Waals surface area (Å²) < 4.78 is 13.7. The molecule has 0 spiro atoms. The smallest absolute Gasteiger partial charge is 0.143 e. The summed E-state index contributed by atoms with van der Waals surface area (Å²) in [7, 11) is 0. The lowest BCUT2D eigenvalue weighted by Gasteiger charge is -2.27. The van der Waals surface area contributed by atoms with Gasteiger partial charge in [-0.25, -0.2) is 0 Å². The Morgan fingerprint density at radius 3 is 0.868 bits per heavy atom. The summed E-state index contributed by atoms with van der Waals surface area (Å²) in [5, 5.41) is 11.8. The molecule has 2 aromatic heterocycles. The molecular formula is C102H68N2O2. The maximum Gasteiger partial charge on any atom is 0.143 e. The van der Waals surface area contributed by atoms with Gasteiger partial charge >= 0.3 is 0 Å². The van der Waals surface area contributed by atoms with E-state index in [0.29, 0.717) is 0 Å². The molecule has 4 heteroatoms. The highest BCUT2D eigenvalue weighted by molar-refractivity contribution is 6.17. The molecule has 0 aliphatic rings. The molecule has 0 atom stereocenters. The average Bonchev–Trinajstić information content (AvgIpc) is 1.60. The molecule has 18 aromatic carbocycles. The Labute approximate surface area is 615 Å². The van der Waals surface area contributed by atoms with Crippen LogP contribution in [0.1, 0.15) is 0 Å². The Hall–Kier alpha value is -14.1. The predicted octanol–water partition coefficient (Wildman–Crippen LogP) is 29.2. The molecule has 0 aliphatic heterocycles. The Morgan fingerprint density at radius 2 is 0.415 bits per heavy atom. The minimum Gasteiger partial charge on any atom is -0.455 e. The van der Waals surface area contributed by atoms with Crippen LogP contribution < -0.4 is 9.80 Å². The molecule has 0 radical (unpaired) electrons. The Balaban J connectivity index is 0.000000145. The zero-order chi connectivity index (χ0) is 70.3. The molecule has 0 N–H and O–H groups in total. The predicted molar refractivity (Wildman–Crippen MR) is 447 cm³/mol. The quantitative estimate of drug-likeness (QED) is 0.115. The summed E-state index contributed by atoms with van der Waals surface area (Å²) in [6.07, 6.45) is 0. The van der Waals surface area contributed by atoms with Gasteiger partial charge in [-0.2, -0.15) is 0 Å². The van der Waals surface area contributed by atoms with Gasteiger partial charge in [-0.1, -0.05) is 334 Å². The van der Waals surface area contributed by atoms with Crippen LogP contribution in [0.5, 0.6) is 0 Å². The molecule has 20 aromatic rings. The van der Waals surface area contributed by atoms with E-state index < -0.39 is 0 Å². The normalized spacial score (nSPS) is 11.4. The van der Waals surface area contributed by atoms with Crippen LogP contribution in [0.3, 0.4) is 0 Å². The lowest BCUT2D eigenvalue weighted by molar-refractivity contribution is 0.671. The van der Waals surface area contributed by atoms with Gasteiger partial charge in [-0.15, -0.1) is 0 Å². The van der Waals surface area contributed by atoms with Gasteiger partial charge in [-0.3, -0.25) is 0 Å². The first-order valence-corrected chi connectivity index (χ1v) is 36.2. The average molecular weight is 1350 g/mol. The van der Waals surface area contributed by atoms with Crippen molar-refractivity contribution in [3.05, 3.63) is 413 Å². The van der Waals surface area contributed by atoms with Crippen molar-refractivity contribution in [3.8, 4) is 77.9 Å². The summed E-state index contributed by atoms with van der Waals surface area (Å²) in [6, 6.07) is 147. The first-order valence-electron chi connectivity index (χ1n) is 36.2. The van der Waals surface area contributed by atoms with Crippen LogP contribution in [-0.4, -0.2) is 0 Å². The van der Waals surface area contributed by atoms with Gasteiger partial charge in [0.1, 0.15) is 22.3 Å². The highest BCUT2D eigenvalue weighted by atomic mass is 16.3. The highest BCUT2D eigenvalue weighted by Gasteiger charge is 2.22. The number of nitrogens with zero attached hydrogens (tertiary/aromatic N) is 2. The number of hydrogen-bond acceptors (Lipinski definition) is 4. The summed E-state index contributed by atoms with van der Waals surface area (Å²) >= 11 is 0. The van der Waals surface area contributed by atoms with Crippen LogP contribution in [0.4, 0.5) is 34.1 Å². The van der Waals surface area contributed by atoms with Crippen molar-refractivity contribution in [2.24, 2.45) is 0 Å². The second-order valence-electron chi connectivity index (χ2n) is 27.0. The lowest BCUT2D eigenvalue weighted by atomic mass is 9.96. The van der Waals surface area contributed by atoms with Gasteiger partial charge in [0, 0.05) is 77.6 Å². The van der Waals surface area contributed by atoms with Crippen LogP contribution in [0.2, 0.25) is 0 Å². The van der Waals surface area contributed by atoms with Crippen molar-refractivity contribution in [1.82, 2.24) is 0 Å². The van der Waals surface area contributed by atoms with Crippen LogP contribution in [0.25, 0.3) is 154 Å². The van der Waals surface area contributed by atoms with Crippen LogP contribution >= 0.6 is 0 Å². The number of para-hydroxylation sites is 6. The van der Waals surface area contributed by atoms with E-state index in [1.54, 1.807) is 0 Å². The minimum absolute atomic E-state index is 0.907. The number of anilines is 6. The molecular weight excluding hydrogens is 1290 g/mol. The third kappa shape index (κ3) is 11.7. The summed E-state index contributed by atoms with van der Waals surface area (Å²) in [6.45, 7) is 0. The molecule has 0 unspecified atom stereocenters. The number of fused-ring (bicyclic) bond motifs is 9. The molecule has 0 saturated heterocycles. The monoisotopic (exact) mass is 1350 g/mol. The summed E-state index contributed by atoms with van der Waals surface area (Å²) in [4.78, 5) is 4.65. The van der Waals surface area contributed by atoms with Crippen molar-refractivity contribution in [3.63, 3.8) is 0 Å². The van der Waals surface area contributed by atoms with E-state index in [-0.39, 0.29) is 0 Å². The van der Waals surface area contributed by atoms with Crippen molar-refractivity contribution < 1.29 is 8.83 Å². The Morgan fingerprint density at radius 1 is 0.151 bits per heavy atom. The third-order valence-electron chi connectivity index (χ3n) is 20.7. The first kappa shape index (κ1) is 62.9. The first-order chi connectivity index (χ1) is 52.6. The molecule has 0 bridgehead atoms. The van der Waals surface area contributed by atoms with Crippen molar-refractivity contribution in [2.45, 2.75) is 0 Å². The SMILES string of the molecule is c1ccc(-c2ccc(N(c3ccccc3)c3ccc(-c4cccc(-c5cccc6c5oc5c(-c7cccc8ccccc78)cccc56)c4)cc3)cc2)cc1.c1ccc(N(c2ccc(-c3cccc(-c4cccc5c4oc4c(-c6cccc7ccccc67)cccc45)c3)cc2)c2cccc3ccccc23)cc1. The number of benzene rings is 18. The van der Waals surface area contributed by atoms with Gasteiger partial charge in [0.15, 0.2) is 0 Å². The molecule has 0 aliphatic carbocycles. The van der Waals surface area contributed by atoms with Crippen LogP contribution in [0, 0.1) is 0 Å². The van der Waals surface area contributed by atoms with E-state index in [1.807, 2.05) is 0 Å². The molecule has 498 valence electrons. The van der Waals surface area contributed by atoms with Gasteiger partial charge in [-0.05, 0) is 161 Å². The number of hydrogen-bond donors (Lipinski definition) is 0. The number of rotatable bonds is 13. The minimum atomic E-state index is 0.907. The summed E-state index contributed by atoms with van der Waals surface area (Å²) in [5.74, 6) is 0. The van der Waals surface area contributed by atoms with E-state index in [9.17, 15) is 0 Å². The van der Waals surface area contributed by atoms with Gasteiger partial charge in [0.2, 0.25) is 0 Å².